The van der Waals surface area contributed by atoms with Crippen LogP contribution in [0.15, 0.2) is 49.2 Å². The van der Waals surface area contributed by atoms with Crippen LogP contribution in [0.2, 0.25) is 0 Å². The third kappa shape index (κ3) is 4.72. The monoisotopic (exact) mass is 462 g/mol. The average molecular weight is 462 g/mol. The fourth-order valence-corrected chi connectivity index (χ4v) is 3.28. The molecule has 1 atom stereocenters. The Morgan fingerprint density at radius 3 is 2.76 bits per heavy atom. The summed E-state index contributed by atoms with van der Waals surface area (Å²) in [6.07, 6.45) is 4.55. The fraction of sp³-hybridized carbons (Fsp3) is 0.261. The van der Waals surface area contributed by atoms with Gasteiger partial charge in [-0.15, -0.1) is 0 Å². The number of amides is 1. The molecule has 3 N–H and O–H groups in total. The number of imidazole rings is 1. The van der Waals surface area contributed by atoms with Gasteiger partial charge in [0.25, 0.3) is 5.91 Å². The lowest BCUT2D eigenvalue weighted by atomic mass is 10.0. The first-order valence-corrected chi connectivity index (χ1v) is 10.4. The highest BCUT2D eigenvalue weighted by atomic mass is 19.1. The van der Waals surface area contributed by atoms with Crippen molar-refractivity contribution in [2.75, 3.05) is 11.9 Å². The zero-order valence-corrected chi connectivity index (χ0v) is 18.8. The highest BCUT2D eigenvalue weighted by molar-refractivity contribution is 6.00. The Morgan fingerprint density at radius 1 is 1.29 bits per heavy atom. The Labute approximate surface area is 194 Å². The number of aryl methyl sites for hydroxylation is 1. The lowest BCUT2D eigenvalue weighted by Crippen LogP contribution is -2.42. The zero-order chi connectivity index (χ0) is 24.5. The van der Waals surface area contributed by atoms with E-state index in [0.717, 1.165) is 5.52 Å². The number of alkyl halides is 1. The SMILES string of the molecule is Cn1cnc(Nc2cc(-c3ccc4cc(C#N)cnn34)ncc2C(=O)NCC(F)C(C)(C)O)c1. The lowest BCUT2D eigenvalue weighted by Gasteiger charge is -2.22. The first kappa shape index (κ1) is 22.9. The van der Waals surface area contributed by atoms with Crippen molar-refractivity contribution < 1.29 is 14.3 Å². The molecule has 0 aliphatic rings. The summed E-state index contributed by atoms with van der Waals surface area (Å²) in [5.41, 5.74) is 1.33. The van der Waals surface area contributed by atoms with Gasteiger partial charge in [0.05, 0.1) is 58.4 Å². The molecule has 4 aromatic heterocycles. The number of rotatable bonds is 7. The fourth-order valence-electron chi connectivity index (χ4n) is 3.28. The van der Waals surface area contributed by atoms with Gasteiger partial charge < -0.3 is 20.3 Å². The van der Waals surface area contributed by atoms with Gasteiger partial charge in [0.2, 0.25) is 0 Å². The smallest absolute Gasteiger partial charge is 0.255 e. The van der Waals surface area contributed by atoms with Gasteiger partial charge in [-0.25, -0.2) is 13.9 Å². The third-order valence-corrected chi connectivity index (χ3v) is 5.22. The number of nitrogens with zero attached hydrogens (tertiary/aromatic N) is 6. The molecule has 11 heteroatoms. The minimum Gasteiger partial charge on any atom is -0.387 e. The van der Waals surface area contributed by atoms with Gasteiger partial charge in [-0.3, -0.25) is 9.78 Å². The second-order valence-electron chi connectivity index (χ2n) is 8.41. The van der Waals surface area contributed by atoms with E-state index in [0.29, 0.717) is 28.5 Å². The number of anilines is 2. The van der Waals surface area contributed by atoms with Gasteiger partial charge in [0.1, 0.15) is 18.1 Å². The van der Waals surface area contributed by atoms with Crippen LogP contribution >= 0.6 is 0 Å². The van der Waals surface area contributed by atoms with Crippen LogP contribution in [-0.4, -0.2) is 53.5 Å². The summed E-state index contributed by atoms with van der Waals surface area (Å²) in [7, 11) is 1.82. The number of fused-ring (bicyclic) bond motifs is 1. The zero-order valence-electron chi connectivity index (χ0n) is 18.8. The second kappa shape index (κ2) is 8.92. The van der Waals surface area contributed by atoms with Gasteiger partial charge >= 0.3 is 0 Å². The summed E-state index contributed by atoms with van der Waals surface area (Å²) in [6.45, 7) is 2.31. The van der Waals surface area contributed by atoms with Crippen molar-refractivity contribution >= 4 is 22.9 Å². The molecule has 34 heavy (non-hydrogen) atoms. The summed E-state index contributed by atoms with van der Waals surface area (Å²) >= 11 is 0. The molecule has 4 rings (SSSR count). The molecule has 4 aromatic rings. The minimum absolute atomic E-state index is 0.179. The second-order valence-corrected chi connectivity index (χ2v) is 8.41. The van der Waals surface area contributed by atoms with Gasteiger partial charge in [0, 0.05) is 19.4 Å². The maximum Gasteiger partial charge on any atom is 0.255 e. The molecule has 0 aromatic carbocycles. The highest BCUT2D eigenvalue weighted by Crippen LogP contribution is 2.27. The van der Waals surface area contributed by atoms with E-state index in [9.17, 15) is 14.3 Å². The molecular formula is C23H23FN8O2. The van der Waals surface area contributed by atoms with E-state index < -0.39 is 17.7 Å². The number of hydrogen-bond donors (Lipinski definition) is 3. The molecule has 0 saturated heterocycles. The number of pyridine rings is 1. The van der Waals surface area contributed by atoms with Gasteiger partial charge in [0.15, 0.2) is 0 Å². The number of carbonyl (C=O) groups excluding carboxylic acids is 1. The van der Waals surface area contributed by atoms with Crippen molar-refractivity contribution in [3.63, 3.8) is 0 Å². The Balaban J connectivity index is 1.70. The maximum atomic E-state index is 14.1. The molecule has 0 radical (unpaired) electrons. The largest absolute Gasteiger partial charge is 0.387 e. The van der Waals surface area contributed by atoms with E-state index >= 15 is 0 Å². The number of aromatic nitrogens is 5. The number of aliphatic hydroxyl groups is 1. The van der Waals surface area contributed by atoms with Crippen LogP contribution in [0, 0.1) is 11.3 Å². The predicted molar refractivity (Wildman–Crippen MR) is 123 cm³/mol. The van der Waals surface area contributed by atoms with Crippen molar-refractivity contribution in [2.24, 2.45) is 7.05 Å². The van der Waals surface area contributed by atoms with Crippen molar-refractivity contribution in [3.8, 4) is 17.5 Å². The van der Waals surface area contributed by atoms with Crippen LogP contribution in [-0.2, 0) is 7.05 Å². The molecule has 10 nitrogen and oxygen atoms in total. The van der Waals surface area contributed by atoms with Crippen LogP contribution in [0.25, 0.3) is 16.9 Å². The molecule has 4 heterocycles. The molecule has 0 aliphatic heterocycles. The van der Waals surface area contributed by atoms with Crippen LogP contribution in [0.1, 0.15) is 29.8 Å². The van der Waals surface area contributed by atoms with Gasteiger partial charge in [-0.05, 0) is 38.1 Å². The number of hydrogen-bond acceptors (Lipinski definition) is 7. The molecule has 1 amide bonds. The summed E-state index contributed by atoms with van der Waals surface area (Å²) in [4.78, 5) is 21.5. The molecule has 1 unspecified atom stereocenters. The van der Waals surface area contributed by atoms with E-state index in [2.05, 4.69) is 31.8 Å². The Morgan fingerprint density at radius 2 is 2.09 bits per heavy atom. The third-order valence-electron chi connectivity index (χ3n) is 5.22. The Kier molecular flexibility index (Phi) is 6.00. The van der Waals surface area contributed by atoms with Crippen LogP contribution in [0.5, 0.6) is 0 Å². The summed E-state index contributed by atoms with van der Waals surface area (Å²) in [5, 5.41) is 28.8. The topological polar surface area (TPSA) is 133 Å². The van der Waals surface area contributed by atoms with Crippen LogP contribution < -0.4 is 10.6 Å². The summed E-state index contributed by atoms with van der Waals surface area (Å²) in [5.74, 6) is -0.0495. The van der Waals surface area contributed by atoms with Gasteiger partial charge in [-0.2, -0.15) is 10.4 Å². The van der Waals surface area contributed by atoms with Gasteiger partial charge in [-0.1, -0.05) is 0 Å². The number of halogens is 1. The molecule has 0 aliphatic carbocycles. The Bertz CT molecular complexity index is 1400. The van der Waals surface area contributed by atoms with Crippen molar-refractivity contribution in [2.45, 2.75) is 25.6 Å². The van der Waals surface area contributed by atoms with E-state index in [1.165, 1.54) is 26.2 Å². The summed E-state index contributed by atoms with van der Waals surface area (Å²) in [6, 6.07) is 9.07. The standard InChI is InChI=1S/C23H23FN8O2/c1-23(2,34)20(24)11-27-22(33)16-10-26-18(7-17(16)30-21-12-31(3)13-28-21)19-5-4-15-6-14(8-25)9-29-32(15)19/h4-7,9-10,12-13,20,34H,11H2,1-3H3,(H,26,30)(H,27,33). The minimum atomic E-state index is -1.65. The van der Waals surface area contributed by atoms with Crippen molar-refractivity contribution in [1.82, 2.24) is 29.5 Å². The van der Waals surface area contributed by atoms with E-state index in [4.69, 9.17) is 5.26 Å². The molecule has 174 valence electrons. The molecule has 0 saturated carbocycles. The predicted octanol–water partition coefficient (Wildman–Crippen LogP) is 2.58. The normalized spacial score (nSPS) is 12.4. The van der Waals surface area contributed by atoms with Crippen molar-refractivity contribution in [1.29, 1.82) is 5.26 Å². The number of nitrogens with one attached hydrogen (secondary N) is 2. The Hall–Kier alpha value is -4.30. The quantitative estimate of drug-likeness (QED) is 0.384. The van der Waals surface area contributed by atoms with Crippen LogP contribution in [0.3, 0.4) is 0 Å². The number of carbonyl (C=O) groups is 1. The lowest BCUT2D eigenvalue weighted by molar-refractivity contribution is -0.00177. The van der Waals surface area contributed by atoms with E-state index in [-0.39, 0.29) is 12.1 Å². The maximum absolute atomic E-state index is 14.1. The van der Waals surface area contributed by atoms with Crippen LogP contribution in [0.4, 0.5) is 15.9 Å². The summed E-state index contributed by atoms with van der Waals surface area (Å²) < 4.78 is 17.5. The molecule has 0 spiro atoms. The first-order chi connectivity index (χ1) is 16.2. The molecule has 0 bridgehead atoms. The molecule has 0 fully saturated rings. The average Bonchev–Trinajstić information content (AvgIpc) is 3.41. The van der Waals surface area contributed by atoms with E-state index in [1.807, 2.05) is 19.2 Å². The highest BCUT2D eigenvalue weighted by Gasteiger charge is 2.27. The molecular weight excluding hydrogens is 439 g/mol. The van der Waals surface area contributed by atoms with E-state index in [1.54, 1.807) is 33.7 Å². The number of nitriles is 1. The van der Waals surface area contributed by atoms with Crippen molar-refractivity contribution in [3.05, 3.63) is 60.3 Å². The first-order valence-electron chi connectivity index (χ1n) is 10.4.